The van der Waals surface area contributed by atoms with Crippen LogP contribution < -0.4 is 5.32 Å². The van der Waals surface area contributed by atoms with Crippen LogP contribution in [-0.4, -0.2) is 23.1 Å². The summed E-state index contributed by atoms with van der Waals surface area (Å²) in [6.07, 6.45) is 0. The van der Waals surface area contributed by atoms with Crippen LogP contribution in [0.3, 0.4) is 0 Å². The molecule has 0 aliphatic carbocycles. The van der Waals surface area contributed by atoms with Gasteiger partial charge in [-0.1, -0.05) is 34.1 Å². The second-order valence-electron chi connectivity index (χ2n) is 3.61. The highest BCUT2D eigenvalue weighted by molar-refractivity contribution is 9.10. The van der Waals surface area contributed by atoms with Crippen molar-refractivity contribution in [3.05, 3.63) is 39.1 Å². The number of halogens is 1. The van der Waals surface area contributed by atoms with Crippen LogP contribution in [0.2, 0.25) is 0 Å². The molecule has 0 amide bonds. The first-order chi connectivity index (χ1) is 8.63. The number of aromatic nitrogens is 1. The van der Waals surface area contributed by atoms with E-state index in [1.807, 2.05) is 29.6 Å². The highest BCUT2D eigenvalue weighted by Gasteiger charge is 2.21. The van der Waals surface area contributed by atoms with E-state index in [9.17, 15) is 4.79 Å². The molecule has 18 heavy (non-hydrogen) atoms. The molecule has 1 unspecified atom stereocenters. The van der Waals surface area contributed by atoms with Gasteiger partial charge in [0.2, 0.25) is 0 Å². The third-order valence-electron chi connectivity index (χ3n) is 2.45. The van der Waals surface area contributed by atoms with E-state index in [1.54, 1.807) is 7.05 Å². The smallest absolute Gasteiger partial charge is 0.327 e. The van der Waals surface area contributed by atoms with Crippen LogP contribution in [-0.2, 0) is 4.79 Å². The molecule has 2 N–H and O–H groups in total. The lowest BCUT2D eigenvalue weighted by molar-refractivity contribution is -0.139. The number of benzene rings is 1. The van der Waals surface area contributed by atoms with Crippen LogP contribution in [0.4, 0.5) is 0 Å². The van der Waals surface area contributed by atoms with Crippen molar-refractivity contribution in [2.45, 2.75) is 6.04 Å². The number of thiazole rings is 1. The van der Waals surface area contributed by atoms with Gasteiger partial charge in [0.05, 0.1) is 5.69 Å². The van der Waals surface area contributed by atoms with Gasteiger partial charge in [0.15, 0.2) is 6.04 Å². The molecule has 1 heterocycles. The number of nitrogens with one attached hydrogen (secondary N) is 1. The van der Waals surface area contributed by atoms with E-state index in [0.29, 0.717) is 5.01 Å². The molecule has 2 rings (SSSR count). The monoisotopic (exact) mass is 326 g/mol. The van der Waals surface area contributed by atoms with Crippen molar-refractivity contribution in [1.82, 2.24) is 10.3 Å². The summed E-state index contributed by atoms with van der Waals surface area (Å²) in [4.78, 5) is 15.4. The first kappa shape index (κ1) is 13.2. The average molecular weight is 327 g/mol. The highest BCUT2D eigenvalue weighted by Crippen LogP contribution is 2.30. The molecule has 6 heteroatoms. The van der Waals surface area contributed by atoms with Crippen LogP contribution in [0, 0.1) is 0 Å². The summed E-state index contributed by atoms with van der Waals surface area (Å²) in [6.45, 7) is 0. The molecular weight excluding hydrogens is 316 g/mol. The summed E-state index contributed by atoms with van der Waals surface area (Å²) >= 11 is 4.80. The minimum atomic E-state index is -0.925. The molecule has 0 spiro atoms. The molecule has 0 saturated heterocycles. The maximum absolute atomic E-state index is 11.0. The molecule has 1 aromatic heterocycles. The first-order valence-electron chi connectivity index (χ1n) is 5.24. The third kappa shape index (κ3) is 2.60. The van der Waals surface area contributed by atoms with Gasteiger partial charge in [0, 0.05) is 15.4 Å². The summed E-state index contributed by atoms with van der Waals surface area (Å²) in [6, 6.07) is 6.96. The van der Waals surface area contributed by atoms with Crippen LogP contribution >= 0.6 is 27.3 Å². The average Bonchev–Trinajstić information content (AvgIpc) is 2.79. The van der Waals surface area contributed by atoms with E-state index in [-0.39, 0.29) is 0 Å². The maximum atomic E-state index is 11.0. The molecule has 1 atom stereocenters. The topological polar surface area (TPSA) is 62.2 Å². The quantitative estimate of drug-likeness (QED) is 0.906. The Morgan fingerprint density at radius 3 is 2.83 bits per heavy atom. The van der Waals surface area contributed by atoms with Gasteiger partial charge in [-0.15, -0.1) is 11.3 Å². The van der Waals surface area contributed by atoms with E-state index in [0.717, 1.165) is 15.7 Å². The molecule has 0 saturated carbocycles. The molecule has 0 aliphatic heterocycles. The number of carbonyl (C=O) groups is 1. The zero-order valence-corrected chi connectivity index (χ0v) is 12.0. The number of hydrogen-bond acceptors (Lipinski definition) is 4. The van der Waals surface area contributed by atoms with Gasteiger partial charge in [0.1, 0.15) is 5.01 Å². The van der Waals surface area contributed by atoms with Crippen LogP contribution in [0.5, 0.6) is 0 Å². The van der Waals surface area contributed by atoms with Gasteiger partial charge in [-0.2, -0.15) is 0 Å². The normalized spacial score (nSPS) is 12.3. The molecule has 94 valence electrons. The Morgan fingerprint density at radius 2 is 2.22 bits per heavy atom. The second kappa shape index (κ2) is 5.60. The van der Waals surface area contributed by atoms with Crippen molar-refractivity contribution in [3.63, 3.8) is 0 Å². The van der Waals surface area contributed by atoms with E-state index >= 15 is 0 Å². The fourth-order valence-electron chi connectivity index (χ4n) is 1.57. The molecule has 0 aliphatic rings. The Hall–Kier alpha value is -1.24. The molecule has 1 aromatic carbocycles. The number of aliphatic carboxylic acids is 1. The lowest BCUT2D eigenvalue weighted by Gasteiger charge is -2.06. The Labute approximate surface area is 117 Å². The van der Waals surface area contributed by atoms with Crippen LogP contribution in [0.1, 0.15) is 11.0 Å². The van der Waals surface area contributed by atoms with Gasteiger partial charge >= 0.3 is 5.97 Å². The highest BCUT2D eigenvalue weighted by atomic mass is 79.9. The predicted octanol–water partition coefficient (Wildman–Crippen LogP) is 2.92. The van der Waals surface area contributed by atoms with Gasteiger partial charge in [-0.25, -0.2) is 4.98 Å². The Kier molecular flexibility index (Phi) is 4.11. The number of carboxylic acids is 1. The fourth-order valence-corrected chi connectivity index (χ4v) is 2.97. The number of nitrogens with zero attached hydrogens (tertiary/aromatic N) is 1. The van der Waals surface area contributed by atoms with Crippen molar-refractivity contribution in [2.24, 2.45) is 0 Å². The number of rotatable bonds is 4. The van der Waals surface area contributed by atoms with Crippen molar-refractivity contribution in [3.8, 4) is 11.3 Å². The Morgan fingerprint density at radius 1 is 1.50 bits per heavy atom. The minimum absolute atomic E-state index is 0.552. The van der Waals surface area contributed by atoms with Crippen molar-refractivity contribution in [2.75, 3.05) is 7.05 Å². The van der Waals surface area contributed by atoms with E-state index in [1.165, 1.54) is 11.3 Å². The molecule has 0 fully saturated rings. The lowest BCUT2D eigenvalue weighted by atomic mass is 10.2. The van der Waals surface area contributed by atoms with E-state index < -0.39 is 12.0 Å². The minimum Gasteiger partial charge on any atom is -0.480 e. The standard InChI is InChI=1S/C12H11BrN2O2S/c1-14-10(12(16)17)11-15-9(6-18-11)7-4-2-3-5-8(7)13/h2-6,10,14H,1H3,(H,16,17). The zero-order chi connectivity index (χ0) is 13.1. The number of likely N-dealkylation sites (N-methyl/N-ethyl adjacent to an activating group) is 1. The van der Waals surface area contributed by atoms with Crippen molar-refractivity contribution < 1.29 is 9.90 Å². The van der Waals surface area contributed by atoms with Gasteiger partial charge in [-0.3, -0.25) is 4.79 Å². The second-order valence-corrected chi connectivity index (χ2v) is 5.35. The van der Waals surface area contributed by atoms with E-state index in [4.69, 9.17) is 5.11 Å². The van der Waals surface area contributed by atoms with Crippen molar-refractivity contribution in [1.29, 1.82) is 0 Å². The van der Waals surface area contributed by atoms with Gasteiger partial charge in [-0.05, 0) is 13.1 Å². The summed E-state index contributed by atoms with van der Waals surface area (Å²) < 4.78 is 0.943. The SMILES string of the molecule is CNC(C(=O)O)c1nc(-c2ccccc2Br)cs1. The van der Waals surface area contributed by atoms with Gasteiger partial charge in [0.25, 0.3) is 0 Å². The summed E-state index contributed by atoms with van der Waals surface area (Å²) in [5, 5.41) is 14.2. The number of hydrogen-bond donors (Lipinski definition) is 2. The molecule has 2 aromatic rings. The lowest BCUT2D eigenvalue weighted by Crippen LogP contribution is -2.24. The fraction of sp³-hybridized carbons (Fsp3) is 0.167. The third-order valence-corrected chi connectivity index (χ3v) is 4.06. The Bertz CT molecular complexity index is 571. The zero-order valence-electron chi connectivity index (χ0n) is 9.55. The van der Waals surface area contributed by atoms with Crippen molar-refractivity contribution >= 4 is 33.2 Å². The molecular formula is C12H11BrN2O2S. The summed E-state index contributed by atoms with van der Waals surface area (Å²) in [7, 11) is 1.61. The maximum Gasteiger partial charge on any atom is 0.327 e. The Balaban J connectivity index is 2.36. The summed E-state index contributed by atoms with van der Waals surface area (Å²) in [5.74, 6) is -0.925. The van der Waals surface area contributed by atoms with Crippen LogP contribution in [0.25, 0.3) is 11.3 Å². The summed E-state index contributed by atoms with van der Waals surface area (Å²) in [5.41, 5.74) is 1.74. The largest absolute Gasteiger partial charge is 0.480 e. The van der Waals surface area contributed by atoms with E-state index in [2.05, 4.69) is 26.2 Å². The first-order valence-corrected chi connectivity index (χ1v) is 6.91. The predicted molar refractivity (Wildman–Crippen MR) is 74.7 cm³/mol. The van der Waals surface area contributed by atoms with Gasteiger partial charge < -0.3 is 10.4 Å². The molecule has 0 bridgehead atoms. The number of carboxylic acid groups (broad SMARTS) is 1. The molecule has 4 nitrogen and oxygen atoms in total. The van der Waals surface area contributed by atoms with Crippen LogP contribution in [0.15, 0.2) is 34.1 Å². The molecule has 0 radical (unpaired) electrons.